The van der Waals surface area contributed by atoms with Crippen molar-refractivity contribution in [1.29, 1.82) is 0 Å². The highest BCUT2D eigenvalue weighted by atomic mass is 16.7. The van der Waals surface area contributed by atoms with Gasteiger partial charge < -0.3 is 45.1 Å². The van der Waals surface area contributed by atoms with Crippen LogP contribution in [0.2, 0.25) is 0 Å². The van der Waals surface area contributed by atoms with Gasteiger partial charge in [-0.25, -0.2) is 0 Å². The molecule has 0 spiro atoms. The largest absolute Gasteiger partial charge is 0.454 e. The Bertz CT molecular complexity index is 1620. The zero-order valence-electron chi connectivity index (χ0n) is 55.2. The molecule has 1 heterocycles. The number of allylic oxidation sites excluding steroid dienone is 9. The molecule has 11 nitrogen and oxygen atoms in total. The van der Waals surface area contributed by atoms with E-state index < -0.39 is 67.4 Å². The van der Waals surface area contributed by atoms with Crippen LogP contribution in [0.15, 0.2) is 60.8 Å². The van der Waals surface area contributed by atoms with Gasteiger partial charge in [-0.1, -0.05) is 300 Å². The molecule has 85 heavy (non-hydrogen) atoms. The highest BCUT2D eigenvalue weighted by Gasteiger charge is 2.47. The van der Waals surface area contributed by atoms with Crippen molar-refractivity contribution in [1.82, 2.24) is 5.32 Å². The average Bonchev–Trinajstić information content (AvgIpc) is 3.59. The van der Waals surface area contributed by atoms with Crippen molar-refractivity contribution < 1.29 is 49.3 Å². The Morgan fingerprint density at radius 3 is 1.25 bits per heavy atom. The van der Waals surface area contributed by atoms with Crippen LogP contribution in [-0.2, 0) is 23.8 Å². The number of carbonyl (C=O) groups is 2. The van der Waals surface area contributed by atoms with E-state index in [1.54, 1.807) is 6.08 Å². The van der Waals surface area contributed by atoms with Crippen molar-refractivity contribution in [2.45, 2.75) is 384 Å². The van der Waals surface area contributed by atoms with Gasteiger partial charge in [0, 0.05) is 6.42 Å². The Morgan fingerprint density at radius 2 is 0.812 bits per heavy atom. The summed E-state index contributed by atoms with van der Waals surface area (Å²) in [5.41, 5.74) is 0. The smallest absolute Gasteiger partial charge is 0.306 e. The van der Waals surface area contributed by atoms with E-state index in [1.807, 2.05) is 6.08 Å². The standard InChI is InChI=1S/C74H135NO10/c1-4-7-10-13-16-19-22-24-26-28-30-31-32-33-34-35-36-38-39-41-43-46-49-52-55-58-61-67(78)73(82)75-65(66(77)60-57-54-51-48-45-21-18-15-12-9-6-3)64-83-74-72(71(81)70(80)68(63-76)84-74)85-69(79)62-59-56-53-50-47-44-42-40-37-29-27-25-23-20-17-14-11-8-5-2/h16,19,24-27,30-31,57,60,65-68,70-72,74,76-78,80-81H,4-15,17-18,20-23,28-29,32-56,58-59,61-64H2,1-3H3,(H,75,82)/b19-16-,26-24-,27-25+,31-30-,60-57+. The molecular formula is C74H135NO10. The number of nitrogens with one attached hydrogen (secondary N) is 1. The molecule has 1 aliphatic rings. The summed E-state index contributed by atoms with van der Waals surface area (Å²) >= 11 is 0. The van der Waals surface area contributed by atoms with Gasteiger partial charge in [0.25, 0.3) is 0 Å². The maximum Gasteiger partial charge on any atom is 0.306 e. The molecule has 0 radical (unpaired) electrons. The molecule has 6 N–H and O–H groups in total. The number of unbranched alkanes of at least 4 members (excludes halogenated alkanes) is 40. The molecule has 0 aromatic carbocycles. The molecule has 0 aliphatic carbocycles. The molecule has 0 saturated carbocycles. The number of aliphatic hydroxyl groups is 5. The van der Waals surface area contributed by atoms with Crippen LogP contribution in [0.4, 0.5) is 0 Å². The van der Waals surface area contributed by atoms with E-state index in [2.05, 4.69) is 74.7 Å². The van der Waals surface area contributed by atoms with Gasteiger partial charge in [-0.2, -0.15) is 0 Å². The molecule has 1 saturated heterocycles. The summed E-state index contributed by atoms with van der Waals surface area (Å²) in [6.07, 6.45) is 68.4. The lowest BCUT2D eigenvalue weighted by Gasteiger charge is -2.41. The van der Waals surface area contributed by atoms with E-state index in [9.17, 15) is 35.1 Å². The Kier molecular flexibility index (Phi) is 58.2. The Hall–Kier alpha value is -2.64. The summed E-state index contributed by atoms with van der Waals surface area (Å²) in [6, 6.07) is -1.03. The van der Waals surface area contributed by atoms with Crippen molar-refractivity contribution in [3.8, 4) is 0 Å². The van der Waals surface area contributed by atoms with Gasteiger partial charge in [-0.3, -0.25) is 9.59 Å². The number of esters is 1. The van der Waals surface area contributed by atoms with Crippen LogP contribution in [0, 0.1) is 0 Å². The van der Waals surface area contributed by atoms with Crippen molar-refractivity contribution in [2.75, 3.05) is 13.2 Å². The second kappa shape index (κ2) is 61.6. The summed E-state index contributed by atoms with van der Waals surface area (Å²) in [7, 11) is 0. The third kappa shape index (κ3) is 48.9. The minimum absolute atomic E-state index is 0.122. The fraction of sp³-hybridized carbons (Fsp3) is 0.838. The third-order valence-electron chi connectivity index (χ3n) is 16.9. The fourth-order valence-electron chi connectivity index (χ4n) is 11.2. The minimum Gasteiger partial charge on any atom is -0.454 e. The number of amides is 1. The first-order valence-corrected chi connectivity index (χ1v) is 36.1. The predicted molar refractivity (Wildman–Crippen MR) is 356 cm³/mol. The summed E-state index contributed by atoms with van der Waals surface area (Å²) < 4.78 is 17.7. The van der Waals surface area contributed by atoms with Crippen LogP contribution in [0.5, 0.6) is 0 Å². The van der Waals surface area contributed by atoms with Crippen LogP contribution < -0.4 is 5.32 Å². The molecule has 8 atom stereocenters. The highest BCUT2D eigenvalue weighted by molar-refractivity contribution is 5.80. The van der Waals surface area contributed by atoms with E-state index in [-0.39, 0.29) is 13.0 Å². The molecule has 0 bridgehead atoms. The van der Waals surface area contributed by atoms with Gasteiger partial charge in [0.1, 0.15) is 24.4 Å². The summed E-state index contributed by atoms with van der Waals surface area (Å²) in [6.45, 7) is 5.79. The SMILES string of the molecule is CCCCC/C=C\C/C=C\C/C=C\CCCCCCCCCCCCCCCC(O)C(=O)NC(COC1OC(CO)C(O)C(O)C1OC(=O)CCCCCCCCCCC/C=C/CCCCCCCC)C(O)/C=C/CCCCCCCCCCC. The van der Waals surface area contributed by atoms with Gasteiger partial charge in [0.2, 0.25) is 5.91 Å². The van der Waals surface area contributed by atoms with Gasteiger partial charge in [-0.15, -0.1) is 0 Å². The maximum atomic E-state index is 13.5. The first-order valence-electron chi connectivity index (χ1n) is 36.1. The number of rotatable bonds is 62. The lowest BCUT2D eigenvalue weighted by Crippen LogP contribution is -2.61. The van der Waals surface area contributed by atoms with Crippen LogP contribution in [0.1, 0.15) is 335 Å². The van der Waals surface area contributed by atoms with Gasteiger partial charge >= 0.3 is 5.97 Å². The van der Waals surface area contributed by atoms with Crippen molar-refractivity contribution in [2.24, 2.45) is 0 Å². The molecule has 11 heteroatoms. The van der Waals surface area contributed by atoms with E-state index in [1.165, 1.54) is 218 Å². The first-order chi connectivity index (χ1) is 41.7. The van der Waals surface area contributed by atoms with Crippen LogP contribution in [0.25, 0.3) is 0 Å². The molecule has 496 valence electrons. The topological polar surface area (TPSA) is 175 Å². The number of hydrogen-bond acceptors (Lipinski definition) is 10. The Balaban J connectivity index is 2.54. The third-order valence-corrected chi connectivity index (χ3v) is 16.9. The predicted octanol–water partition coefficient (Wildman–Crippen LogP) is 18.5. The van der Waals surface area contributed by atoms with Crippen LogP contribution >= 0.6 is 0 Å². The van der Waals surface area contributed by atoms with Gasteiger partial charge in [0.05, 0.1) is 25.4 Å². The van der Waals surface area contributed by atoms with Crippen molar-refractivity contribution in [3.05, 3.63) is 60.8 Å². The fourth-order valence-corrected chi connectivity index (χ4v) is 11.2. The lowest BCUT2D eigenvalue weighted by atomic mass is 9.99. The molecule has 1 rings (SSSR count). The Labute approximate surface area is 522 Å². The maximum absolute atomic E-state index is 13.5. The number of aliphatic hydroxyl groups excluding tert-OH is 5. The van der Waals surface area contributed by atoms with E-state index >= 15 is 0 Å². The van der Waals surface area contributed by atoms with Crippen LogP contribution in [-0.4, -0.2) is 99.6 Å². The molecule has 0 aromatic heterocycles. The first kappa shape index (κ1) is 80.4. The summed E-state index contributed by atoms with van der Waals surface area (Å²) in [5, 5.41) is 57.2. The second-order valence-corrected chi connectivity index (χ2v) is 25.0. The normalized spacial score (nSPS) is 18.7. The number of ether oxygens (including phenoxy) is 3. The van der Waals surface area contributed by atoms with E-state index in [0.29, 0.717) is 19.3 Å². The molecule has 0 aromatic rings. The number of carbonyl (C=O) groups excluding carboxylic acids is 2. The van der Waals surface area contributed by atoms with Crippen molar-refractivity contribution >= 4 is 11.9 Å². The van der Waals surface area contributed by atoms with E-state index in [0.717, 1.165) is 70.6 Å². The molecular weight excluding hydrogens is 1060 g/mol. The quantitative estimate of drug-likeness (QED) is 0.0195. The molecule has 8 unspecified atom stereocenters. The zero-order chi connectivity index (χ0) is 61.7. The number of hydrogen-bond donors (Lipinski definition) is 6. The monoisotopic (exact) mass is 1200 g/mol. The van der Waals surface area contributed by atoms with Crippen LogP contribution in [0.3, 0.4) is 0 Å². The molecule has 1 aliphatic heterocycles. The second-order valence-electron chi connectivity index (χ2n) is 25.0. The Morgan fingerprint density at radius 1 is 0.459 bits per heavy atom. The molecule has 1 fully saturated rings. The van der Waals surface area contributed by atoms with Gasteiger partial charge in [-0.05, 0) is 89.9 Å². The zero-order valence-corrected chi connectivity index (χ0v) is 55.2. The van der Waals surface area contributed by atoms with Crippen molar-refractivity contribution in [3.63, 3.8) is 0 Å². The summed E-state index contributed by atoms with van der Waals surface area (Å²) in [4.78, 5) is 26.7. The van der Waals surface area contributed by atoms with Gasteiger partial charge in [0.15, 0.2) is 12.4 Å². The average molecular weight is 1200 g/mol. The minimum atomic E-state index is -1.61. The lowest BCUT2D eigenvalue weighted by molar-refractivity contribution is -0.305. The highest BCUT2D eigenvalue weighted by Crippen LogP contribution is 2.26. The van der Waals surface area contributed by atoms with E-state index in [4.69, 9.17) is 14.2 Å². The summed E-state index contributed by atoms with van der Waals surface area (Å²) in [5.74, 6) is -1.19. The molecule has 1 amide bonds.